The molecule has 0 atom stereocenters. The Morgan fingerprint density at radius 2 is 1.82 bits per heavy atom. The molecule has 1 aromatic carbocycles. The van der Waals surface area contributed by atoms with Gasteiger partial charge >= 0.3 is 5.97 Å². The number of halogens is 1. The van der Waals surface area contributed by atoms with E-state index >= 15 is 0 Å². The molecule has 0 aliphatic heterocycles. The van der Waals surface area contributed by atoms with Crippen molar-refractivity contribution in [2.75, 3.05) is 5.43 Å². The number of hydrogen-bond acceptors (Lipinski definition) is 3. The molecule has 0 radical (unpaired) electrons. The first-order valence-electron chi connectivity index (χ1n) is 5.10. The van der Waals surface area contributed by atoms with E-state index in [-0.39, 0.29) is 5.82 Å². The third-order valence-electron chi connectivity index (χ3n) is 2.76. The first-order chi connectivity index (χ1) is 8.04. The van der Waals surface area contributed by atoms with Crippen molar-refractivity contribution in [3.05, 3.63) is 30.1 Å². The van der Waals surface area contributed by atoms with Crippen LogP contribution in [0.4, 0.5) is 10.1 Å². The molecule has 1 aromatic rings. The standard InChI is InChI=1S/C11H11FN2O3/c12-7-1-3-8(4-2-7)13-14-9(15)11(5-6-11)10(16)17/h1-4,13H,5-6H2,(H,14,15)(H,16,17). The highest BCUT2D eigenvalue weighted by atomic mass is 19.1. The Balaban J connectivity index is 1.93. The number of carboxylic acids is 1. The van der Waals surface area contributed by atoms with Gasteiger partial charge in [-0.2, -0.15) is 0 Å². The summed E-state index contributed by atoms with van der Waals surface area (Å²) in [7, 11) is 0. The maximum atomic E-state index is 12.6. The minimum absolute atomic E-state index is 0.346. The molecule has 6 heteroatoms. The maximum Gasteiger partial charge on any atom is 0.319 e. The lowest BCUT2D eigenvalue weighted by Gasteiger charge is -2.12. The molecule has 0 unspecified atom stereocenters. The molecule has 0 spiro atoms. The molecular formula is C11H11FN2O3. The van der Waals surface area contributed by atoms with Gasteiger partial charge in [-0.3, -0.25) is 20.4 Å². The Morgan fingerprint density at radius 1 is 1.24 bits per heavy atom. The van der Waals surface area contributed by atoms with Gasteiger partial charge in [-0.1, -0.05) is 0 Å². The molecule has 1 fully saturated rings. The van der Waals surface area contributed by atoms with Gasteiger partial charge < -0.3 is 5.11 Å². The number of amides is 1. The molecule has 3 N–H and O–H groups in total. The summed E-state index contributed by atoms with van der Waals surface area (Å²) in [5.41, 5.74) is 4.06. The molecule has 5 nitrogen and oxygen atoms in total. The average Bonchev–Trinajstić information content (AvgIpc) is 3.09. The van der Waals surface area contributed by atoms with Crippen LogP contribution in [0.15, 0.2) is 24.3 Å². The van der Waals surface area contributed by atoms with E-state index in [9.17, 15) is 14.0 Å². The molecule has 90 valence electrons. The van der Waals surface area contributed by atoms with E-state index in [1.54, 1.807) is 0 Å². The van der Waals surface area contributed by atoms with Crippen molar-refractivity contribution in [3.63, 3.8) is 0 Å². The third kappa shape index (κ3) is 2.20. The van der Waals surface area contributed by atoms with Crippen molar-refractivity contribution in [2.45, 2.75) is 12.8 Å². The summed E-state index contributed by atoms with van der Waals surface area (Å²) < 4.78 is 12.6. The second-order valence-corrected chi connectivity index (χ2v) is 3.97. The zero-order valence-electron chi connectivity index (χ0n) is 8.87. The number of aliphatic carboxylic acids is 1. The van der Waals surface area contributed by atoms with Crippen LogP contribution in [0.2, 0.25) is 0 Å². The average molecular weight is 238 g/mol. The predicted octanol–water partition coefficient (Wildman–Crippen LogP) is 1.13. The number of nitrogens with one attached hydrogen (secondary N) is 2. The van der Waals surface area contributed by atoms with Crippen molar-refractivity contribution >= 4 is 17.6 Å². The van der Waals surface area contributed by atoms with Crippen LogP contribution in [0.5, 0.6) is 0 Å². The Labute approximate surface area is 96.6 Å². The molecule has 1 saturated carbocycles. The summed E-state index contributed by atoms with van der Waals surface area (Å²) >= 11 is 0. The van der Waals surface area contributed by atoms with Crippen LogP contribution in [0.3, 0.4) is 0 Å². The van der Waals surface area contributed by atoms with Crippen molar-refractivity contribution in [3.8, 4) is 0 Å². The largest absolute Gasteiger partial charge is 0.480 e. The van der Waals surface area contributed by atoms with Crippen LogP contribution in [-0.2, 0) is 9.59 Å². The van der Waals surface area contributed by atoms with Crippen LogP contribution in [0.25, 0.3) is 0 Å². The molecular weight excluding hydrogens is 227 g/mol. The summed E-state index contributed by atoms with van der Waals surface area (Å²) in [5, 5.41) is 8.87. The van der Waals surface area contributed by atoms with E-state index in [1.165, 1.54) is 24.3 Å². The van der Waals surface area contributed by atoms with Crippen molar-refractivity contribution in [2.24, 2.45) is 5.41 Å². The molecule has 0 bridgehead atoms. The number of hydrogen-bond donors (Lipinski definition) is 3. The molecule has 1 aliphatic rings. The fraction of sp³-hybridized carbons (Fsp3) is 0.273. The zero-order valence-corrected chi connectivity index (χ0v) is 8.87. The first-order valence-corrected chi connectivity index (χ1v) is 5.10. The number of hydrazine groups is 1. The summed E-state index contributed by atoms with van der Waals surface area (Å²) in [5.74, 6) is -2.07. The van der Waals surface area contributed by atoms with Gasteiger partial charge in [0.1, 0.15) is 11.2 Å². The van der Waals surface area contributed by atoms with Crippen LogP contribution < -0.4 is 10.9 Å². The number of carbonyl (C=O) groups excluding carboxylic acids is 1. The summed E-state index contributed by atoms with van der Waals surface area (Å²) in [4.78, 5) is 22.4. The minimum atomic E-state index is -1.28. The highest BCUT2D eigenvalue weighted by molar-refractivity contribution is 6.05. The van der Waals surface area contributed by atoms with Gasteiger partial charge in [-0.15, -0.1) is 0 Å². The number of carbonyl (C=O) groups is 2. The fourth-order valence-electron chi connectivity index (χ4n) is 1.44. The molecule has 1 aliphatic carbocycles. The molecule has 0 heterocycles. The predicted molar refractivity (Wildman–Crippen MR) is 57.5 cm³/mol. The van der Waals surface area contributed by atoms with Crippen LogP contribution >= 0.6 is 0 Å². The van der Waals surface area contributed by atoms with Gasteiger partial charge in [0, 0.05) is 0 Å². The number of rotatable bonds is 4. The van der Waals surface area contributed by atoms with E-state index in [0.29, 0.717) is 18.5 Å². The van der Waals surface area contributed by atoms with E-state index in [4.69, 9.17) is 5.11 Å². The molecule has 1 amide bonds. The van der Waals surface area contributed by atoms with Crippen molar-refractivity contribution in [1.82, 2.24) is 5.43 Å². The Bertz CT molecular complexity index is 454. The first kappa shape index (κ1) is 11.4. The lowest BCUT2D eigenvalue weighted by Crippen LogP contribution is -2.40. The van der Waals surface area contributed by atoms with E-state index in [0.717, 1.165) is 0 Å². The smallest absolute Gasteiger partial charge is 0.319 e. The molecule has 2 rings (SSSR count). The highest BCUT2D eigenvalue weighted by Gasteiger charge is 2.57. The normalized spacial score (nSPS) is 16.1. The monoisotopic (exact) mass is 238 g/mol. The number of carboxylic acid groups (broad SMARTS) is 1. The van der Waals surface area contributed by atoms with Gasteiger partial charge in [0.25, 0.3) is 5.91 Å². The maximum absolute atomic E-state index is 12.6. The van der Waals surface area contributed by atoms with Crippen molar-refractivity contribution in [1.29, 1.82) is 0 Å². The van der Waals surface area contributed by atoms with Crippen LogP contribution in [-0.4, -0.2) is 17.0 Å². The van der Waals surface area contributed by atoms with Crippen LogP contribution in [0.1, 0.15) is 12.8 Å². The summed E-state index contributed by atoms with van der Waals surface area (Å²) in [6, 6.07) is 5.35. The van der Waals surface area contributed by atoms with Gasteiger partial charge in [0.15, 0.2) is 0 Å². The number of anilines is 1. The van der Waals surface area contributed by atoms with Gasteiger partial charge in [0.2, 0.25) is 0 Å². The minimum Gasteiger partial charge on any atom is -0.480 e. The second-order valence-electron chi connectivity index (χ2n) is 3.97. The summed E-state index contributed by atoms with van der Waals surface area (Å²) in [6.07, 6.45) is 0.693. The Hall–Kier alpha value is -2.11. The van der Waals surface area contributed by atoms with Gasteiger partial charge in [0.05, 0.1) is 5.69 Å². The van der Waals surface area contributed by atoms with E-state index < -0.39 is 17.3 Å². The SMILES string of the molecule is O=C(O)C1(C(=O)NNc2ccc(F)cc2)CC1. The quantitative estimate of drug-likeness (QED) is 0.542. The molecule has 0 aromatic heterocycles. The number of benzene rings is 1. The highest BCUT2D eigenvalue weighted by Crippen LogP contribution is 2.45. The van der Waals surface area contributed by atoms with Gasteiger partial charge in [-0.05, 0) is 37.1 Å². The van der Waals surface area contributed by atoms with E-state index in [1.807, 2.05) is 0 Å². The lowest BCUT2D eigenvalue weighted by atomic mass is 10.1. The second kappa shape index (κ2) is 4.04. The Kier molecular flexibility index (Phi) is 2.71. The lowest BCUT2D eigenvalue weighted by molar-refractivity contribution is -0.148. The van der Waals surface area contributed by atoms with E-state index in [2.05, 4.69) is 10.9 Å². The fourth-order valence-corrected chi connectivity index (χ4v) is 1.44. The van der Waals surface area contributed by atoms with Crippen LogP contribution in [0, 0.1) is 11.2 Å². The Morgan fingerprint density at radius 3 is 2.29 bits per heavy atom. The topological polar surface area (TPSA) is 78.4 Å². The van der Waals surface area contributed by atoms with Crippen molar-refractivity contribution < 1.29 is 19.1 Å². The molecule has 0 saturated heterocycles. The van der Waals surface area contributed by atoms with Gasteiger partial charge in [-0.25, -0.2) is 4.39 Å². The summed E-state index contributed by atoms with van der Waals surface area (Å²) in [6.45, 7) is 0. The third-order valence-corrected chi connectivity index (χ3v) is 2.76. The zero-order chi connectivity index (χ0) is 12.5. The molecule has 17 heavy (non-hydrogen) atoms.